The molecule has 1 aliphatic heterocycles. The topological polar surface area (TPSA) is 143 Å². The summed E-state index contributed by atoms with van der Waals surface area (Å²) in [4.78, 5) is 38.2. The Morgan fingerprint density at radius 3 is 2.54 bits per heavy atom. The van der Waals surface area contributed by atoms with Crippen molar-refractivity contribution in [2.75, 3.05) is 44.9 Å². The first-order valence-corrected chi connectivity index (χ1v) is 11.4. The van der Waals surface area contributed by atoms with Crippen LogP contribution in [0.15, 0.2) is 36.4 Å². The van der Waals surface area contributed by atoms with E-state index >= 15 is 0 Å². The van der Waals surface area contributed by atoms with Gasteiger partial charge in [-0.15, -0.1) is 0 Å². The molecule has 1 fully saturated rings. The molecule has 10 nitrogen and oxygen atoms in total. The van der Waals surface area contributed by atoms with E-state index in [9.17, 15) is 14.4 Å². The first kappa shape index (κ1) is 26.3. The molecule has 11 heteroatoms. The molecule has 2 aromatic rings. The van der Waals surface area contributed by atoms with Crippen molar-refractivity contribution in [2.24, 2.45) is 0 Å². The van der Waals surface area contributed by atoms with E-state index in [1.807, 2.05) is 4.90 Å². The molecule has 35 heavy (non-hydrogen) atoms. The summed E-state index contributed by atoms with van der Waals surface area (Å²) in [6, 6.07) is 9.40. The molecule has 0 saturated carbocycles. The van der Waals surface area contributed by atoms with Gasteiger partial charge in [0.15, 0.2) is 0 Å². The molecule has 1 saturated heterocycles. The van der Waals surface area contributed by atoms with E-state index < -0.39 is 5.97 Å². The lowest BCUT2D eigenvalue weighted by atomic mass is 10.0. The molecule has 1 aliphatic rings. The van der Waals surface area contributed by atoms with E-state index in [0.717, 1.165) is 0 Å². The summed E-state index contributed by atoms with van der Waals surface area (Å²) < 4.78 is 10.9. The third kappa shape index (κ3) is 7.08. The monoisotopic (exact) mass is 504 g/mol. The molecule has 0 bridgehead atoms. The van der Waals surface area contributed by atoms with Crippen LogP contribution in [0.25, 0.3) is 0 Å². The third-order valence-electron chi connectivity index (χ3n) is 5.79. The predicted octanol–water partition coefficient (Wildman–Crippen LogP) is 2.02. The fourth-order valence-corrected chi connectivity index (χ4v) is 4.14. The van der Waals surface area contributed by atoms with Crippen molar-refractivity contribution in [3.8, 4) is 5.75 Å². The largest absolute Gasteiger partial charge is 0.496 e. The number of nitrogens with one attached hydrogen (secondary N) is 2. The van der Waals surface area contributed by atoms with Crippen molar-refractivity contribution in [3.63, 3.8) is 0 Å². The maximum Gasteiger partial charge on any atom is 0.307 e. The lowest BCUT2D eigenvalue weighted by Crippen LogP contribution is -2.55. The van der Waals surface area contributed by atoms with Crippen LogP contribution in [0, 0.1) is 0 Å². The second kappa shape index (κ2) is 11.9. The molecule has 0 aromatic heterocycles. The Hall–Kier alpha value is -3.34. The van der Waals surface area contributed by atoms with Gasteiger partial charge in [-0.2, -0.15) is 0 Å². The molecular formula is C24H29ClN4O6. The Labute approximate surface area is 208 Å². The molecule has 3 rings (SSSR count). The van der Waals surface area contributed by atoms with Crippen LogP contribution in [0.5, 0.6) is 5.75 Å². The molecule has 0 spiro atoms. The van der Waals surface area contributed by atoms with E-state index in [1.165, 1.54) is 19.2 Å². The number of hydrogen-bond donors (Lipinski definition) is 4. The fourth-order valence-electron chi connectivity index (χ4n) is 3.97. The van der Waals surface area contributed by atoms with E-state index in [1.54, 1.807) is 31.4 Å². The van der Waals surface area contributed by atoms with Crippen LogP contribution in [-0.4, -0.2) is 73.8 Å². The number of piperidine rings is 1. The molecule has 2 atom stereocenters. The fraction of sp³-hybridized carbons (Fsp3) is 0.375. The van der Waals surface area contributed by atoms with Crippen molar-refractivity contribution < 1.29 is 29.0 Å². The quantitative estimate of drug-likeness (QED) is 0.380. The Morgan fingerprint density at radius 1 is 1.20 bits per heavy atom. The highest BCUT2D eigenvalue weighted by Gasteiger charge is 2.32. The normalized spacial score (nSPS) is 18.0. The van der Waals surface area contributed by atoms with Crippen molar-refractivity contribution in [2.45, 2.75) is 25.0 Å². The Kier molecular flexibility index (Phi) is 8.91. The van der Waals surface area contributed by atoms with Gasteiger partial charge in [-0.25, -0.2) is 0 Å². The van der Waals surface area contributed by atoms with Crippen molar-refractivity contribution in [1.82, 2.24) is 10.2 Å². The second-order valence-corrected chi connectivity index (χ2v) is 8.67. The zero-order valence-electron chi connectivity index (χ0n) is 19.5. The van der Waals surface area contributed by atoms with Gasteiger partial charge in [-0.05, 0) is 30.2 Å². The van der Waals surface area contributed by atoms with Crippen molar-refractivity contribution in [1.29, 1.82) is 0 Å². The number of anilines is 2. The molecular weight excluding hydrogens is 476 g/mol. The van der Waals surface area contributed by atoms with Crippen molar-refractivity contribution >= 4 is 40.8 Å². The SMILES string of the molecule is COc1cc(N)c(Cl)cc1C(=O)NC1CCN(CC(=O)Nc2ccc(CC(=O)O)cc2)CC1OC. The lowest BCUT2D eigenvalue weighted by molar-refractivity contribution is -0.136. The van der Waals surface area contributed by atoms with E-state index in [0.29, 0.717) is 42.2 Å². The van der Waals surface area contributed by atoms with Gasteiger partial charge < -0.3 is 30.9 Å². The lowest BCUT2D eigenvalue weighted by Gasteiger charge is -2.37. The van der Waals surface area contributed by atoms with Gasteiger partial charge in [-0.1, -0.05) is 23.7 Å². The number of rotatable bonds is 9. The van der Waals surface area contributed by atoms with E-state index in [2.05, 4.69) is 10.6 Å². The summed E-state index contributed by atoms with van der Waals surface area (Å²) in [7, 11) is 3.01. The van der Waals surface area contributed by atoms with Gasteiger partial charge in [-0.3, -0.25) is 19.3 Å². The van der Waals surface area contributed by atoms with Gasteiger partial charge in [0, 0.05) is 32.0 Å². The number of hydrogen-bond acceptors (Lipinski definition) is 7. The van der Waals surface area contributed by atoms with Crippen LogP contribution < -0.4 is 21.1 Å². The van der Waals surface area contributed by atoms with Crippen molar-refractivity contribution in [3.05, 3.63) is 52.5 Å². The number of halogens is 1. The summed E-state index contributed by atoms with van der Waals surface area (Å²) in [5, 5.41) is 14.9. The molecule has 2 unspecified atom stereocenters. The standard InChI is InChI=1S/C24H29ClN4O6/c1-34-20-11-18(26)17(25)10-16(20)24(33)28-19-7-8-29(12-21(19)35-2)13-22(30)27-15-5-3-14(4-6-15)9-23(31)32/h3-6,10-11,19,21H,7-9,12-13,26H2,1-2H3,(H,27,30)(H,28,33)(H,31,32). The number of carboxylic acids is 1. The van der Waals surface area contributed by atoms with Crippen LogP contribution in [0.2, 0.25) is 5.02 Å². The maximum atomic E-state index is 12.9. The number of carbonyl (C=O) groups is 3. The summed E-state index contributed by atoms with van der Waals surface area (Å²) in [5.74, 6) is -1.14. The number of amides is 2. The predicted molar refractivity (Wildman–Crippen MR) is 132 cm³/mol. The number of aliphatic carboxylic acids is 1. The molecule has 0 aliphatic carbocycles. The van der Waals surface area contributed by atoms with Crippen LogP contribution >= 0.6 is 11.6 Å². The Bertz CT molecular complexity index is 1080. The van der Waals surface area contributed by atoms with E-state index in [4.69, 9.17) is 31.9 Å². The highest BCUT2D eigenvalue weighted by Crippen LogP contribution is 2.29. The summed E-state index contributed by atoms with van der Waals surface area (Å²) >= 11 is 6.09. The van der Waals surface area contributed by atoms with Gasteiger partial charge in [0.2, 0.25) is 5.91 Å². The molecule has 0 radical (unpaired) electrons. The molecule has 2 amide bonds. The van der Waals surface area contributed by atoms with Crippen LogP contribution in [0.4, 0.5) is 11.4 Å². The summed E-state index contributed by atoms with van der Waals surface area (Å²) in [6.45, 7) is 1.18. The number of nitrogens with two attached hydrogens (primary N) is 1. The van der Waals surface area contributed by atoms with Gasteiger partial charge in [0.05, 0.1) is 48.5 Å². The maximum absolute atomic E-state index is 12.9. The highest BCUT2D eigenvalue weighted by molar-refractivity contribution is 6.33. The Balaban J connectivity index is 1.55. The third-order valence-corrected chi connectivity index (χ3v) is 6.11. The Morgan fingerprint density at radius 2 is 1.91 bits per heavy atom. The minimum atomic E-state index is -0.912. The number of methoxy groups -OCH3 is 2. The number of nitrogens with zero attached hydrogens (tertiary/aromatic N) is 1. The van der Waals surface area contributed by atoms with Crippen LogP contribution in [-0.2, 0) is 20.7 Å². The van der Waals surface area contributed by atoms with Crippen LogP contribution in [0.3, 0.4) is 0 Å². The number of ether oxygens (including phenoxy) is 2. The minimum Gasteiger partial charge on any atom is -0.496 e. The van der Waals surface area contributed by atoms with Crippen LogP contribution in [0.1, 0.15) is 22.3 Å². The number of nitrogen functional groups attached to an aromatic ring is 1. The zero-order valence-corrected chi connectivity index (χ0v) is 20.3. The van der Waals surface area contributed by atoms with E-state index in [-0.39, 0.29) is 47.5 Å². The number of likely N-dealkylation sites (tertiary alicyclic amines) is 1. The second-order valence-electron chi connectivity index (χ2n) is 8.27. The average Bonchev–Trinajstić information content (AvgIpc) is 2.82. The number of carboxylic acid groups (broad SMARTS) is 1. The van der Waals surface area contributed by atoms with Gasteiger partial charge >= 0.3 is 5.97 Å². The van der Waals surface area contributed by atoms with Gasteiger partial charge in [0.25, 0.3) is 5.91 Å². The average molecular weight is 505 g/mol. The zero-order chi connectivity index (χ0) is 25.5. The number of carbonyl (C=O) groups excluding carboxylic acids is 2. The molecule has 2 aromatic carbocycles. The summed E-state index contributed by atoms with van der Waals surface area (Å²) in [5.41, 5.74) is 7.63. The molecule has 5 N–H and O–H groups in total. The minimum absolute atomic E-state index is 0.0732. The first-order valence-electron chi connectivity index (χ1n) is 11.0. The molecule has 1 heterocycles. The number of benzene rings is 2. The summed E-state index contributed by atoms with van der Waals surface area (Å²) in [6.07, 6.45) is 0.175. The van der Waals surface area contributed by atoms with Gasteiger partial charge in [0.1, 0.15) is 5.75 Å². The highest BCUT2D eigenvalue weighted by atomic mass is 35.5. The first-order chi connectivity index (χ1) is 16.7. The molecule has 188 valence electrons. The smallest absolute Gasteiger partial charge is 0.307 e.